The van der Waals surface area contributed by atoms with Gasteiger partial charge in [0.1, 0.15) is 11.5 Å². The fraction of sp³-hybridized carbons (Fsp3) is 0.100. The molecule has 4 nitrogen and oxygen atoms in total. The van der Waals surface area contributed by atoms with Crippen LogP contribution in [0, 0.1) is 27.7 Å². The van der Waals surface area contributed by atoms with Crippen LogP contribution in [0.1, 0.15) is 22.3 Å². The van der Waals surface area contributed by atoms with Gasteiger partial charge in [-0.05, 0) is 87.4 Å². The Morgan fingerprint density at radius 1 is 0.432 bits per heavy atom. The molecule has 0 unspecified atom stereocenters. The summed E-state index contributed by atoms with van der Waals surface area (Å²) >= 11 is 0. The first-order valence-corrected chi connectivity index (χ1v) is 15.0. The normalized spacial score (nSPS) is 11.8. The minimum absolute atomic E-state index is 0.182. The Labute approximate surface area is 255 Å². The predicted molar refractivity (Wildman–Crippen MR) is 183 cm³/mol. The second-order valence-corrected chi connectivity index (χ2v) is 12.0. The third-order valence-electron chi connectivity index (χ3n) is 9.10. The van der Waals surface area contributed by atoms with Gasteiger partial charge in [-0.1, -0.05) is 71.8 Å². The van der Waals surface area contributed by atoms with Crippen molar-refractivity contribution in [2.24, 2.45) is 0 Å². The Balaban J connectivity index is 1.46. The van der Waals surface area contributed by atoms with E-state index in [4.69, 9.17) is 0 Å². The molecule has 8 aromatic rings. The molecule has 0 saturated heterocycles. The summed E-state index contributed by atoms with van der Waals surface area (Å²) in [6.45, 7) is 8.21. The molecule has 214 valence electrons. The van der Waals surface area contributed by atoms with E-state index in [0.717, 1.165) is 66.1 Å². The Hall–Kier alpha value is -5.48. The second kappa shape index (κ2) is 9.51. The number of benzene rings is 6. The van der Waals surface area contributed by atoms with E-state index in [1.54, 1.807) is 0 Å². The molecule has 0 bridgehead atoms. The molecule has 44 heavy (non-hydrogen) atoms. The summed E-state index contributed by atoms with van der Waals surface area (Å²) in [7, 11) is 0. The van der Waals surface area contributed by atoms with Gasteiger partial charge in [0.15, 0.2) is 0 Å². The summed E-state index contributed by atoms with van der Waals surface area (Å²) in [5, 5.41) is 27.9. The van der Waals surface area contributed by atoms with Crippen molar-refractivity contribution < 1.29 is 10.2 Å². The van der Waals surface area contributed by atoms with Gasteiger partial charge in [0.05, 0.1) is 32.8 Å². The van der Waals surface area contributed by atoms with Crippen LogP contribution in [0.4, 0.5) is 0 Å². The van der Waals surface area contributed by atoms with Gasteiger partial charge in [-0.2, -0.15) is 0 Å². The number of rotatable bonds is 3. The zero-order valence-electron chi connectivity index (χ0n) is 25.2. The zero-order valence-corrected chi connectivity index (χ0v) is 25.2. The van der Waals surface area contributed by atoms with Crippen molar-refractivity contribution in [3.63, 3.8) is 0 Å². The first kappa shape index (κ1) is 26.2. The van der Waals surface area contributed by atoms with E-state index in [2.05, 4.69) is 108 Å². The lowest BCUT2D eigenvalue weighted by Crippen LogP contribution is -1.97. The largest absolute Gasteiger partial charge is 0.507 e. The Morgan fingerprint density at radius 3 is 1.18 bits per heavy atom. The van der Waals surface area contributed by atoms with Gasteiger partial charge in [-0.25, -0.2) is 0 Å². The maximum atomic E-state index is 12.2. The molecule has 0 aliphatic carbocycles. The van der Waals surface area contributed by atoms with Crippen molar-refractivity contribution in [3.05, 3.63) is 131 Å². The number of aromatic hydroxyl groups is 2. The van der Waals surface area contributed by atoms with Crippen LogP contribution in [0.2, 0.25) is 0 Å². The summed E-state index contributed by atoms with van der Waals surface area (Å²) in [6.07, 6.45) is 0. The van der Waals surface area contributed by atoms with Crippen molar-refractivity contribution >= 4 is 43.6 Å². The van der Waals surface area contributed by atoms with E-state index in [-0.39, 0.29) is 11.5 Å². The molecule has 0 saturated carbocycles. The topological polar surface area (TPSA) is 50.3 Å². The van der Waals surface area contributed by atoms with E-state index in [9.17, 15) is 10.2 Å². The Morgan fingerprint density at radius 2 is 0.795 bits per heavy atom. The van der Waals surface area contributed by atoms with Crippen molar-refractivity contribution in [2.75, 3.05) is 0 Å². The van der Waals surface area contributed by atoms with Gasteiger partial charge in [0, 0.05) is 33.3 Å². The molecule has 0 spiro atoms. The van der Waals surface area contributed by atoms with Crippen LogP contribution in [0.15, 0.2) is 109 Å². The highest BCUT2D eigenvalue weighted by Gasteiger charge is 2.26. The highest BCUT2D eigenvalue weighted by atomic mass is 16.3. The fourth-order valence-corrected chi connectivity index (χ4v) is 7.04. The van der Waals surface area contributed by atoms with Crippen LogP contribution in [-0.2, 0) is 0 Å². The lowest BCUT2D eigenvalue weighted by atomic mass is 9.91. The Kier molecular flexibility index (Phi) is 5.66. The highest BCUT2D eigenvalue weighted by Crippen LogP contribution is 2.50. The summed E-state index contributed by atoms with van der Waals surface area (Å²) in [5.74, 6) is 0.365. The van der Waals surface area contributed by atoms with Crippen LogP contribution in [0.5, 0.6) is 11.5 Å². The monoisotopic (exact) mass is 572 g/mol. The molecular formula is C40H32N2O2. The van der Waals surface area contributed by atoms with Gasteiger partial charge >= 0.3 is 0 Å². The summed E-state index contributed by atoms with van der Waals surface area (Å²) in [4.78, 5) is 0. The maximum Gasteiger partial charge on any atom is 0.133 e. The molecule has 0 aliphatic rings. The van der Waals surface area contributed by atoms with Crippen LogP contribution < -0.4 is 0 Å². The summed E-state index contributed by atoms with van der Waals surface area (Å²) in [6, 6.07) is 37.6. The molecule has 0 fully saturated rings. The number of hydrogen-bond acceptors (Lipinski definition) is 2. The van der Waals surface area contributed by atoms with Crippen LogP contribution >= 0.6 is 0 Å². The Bertz CT molecular complexity index is 2250. The molecule has 2 aromatic heterocycles. The number of hydrogen-bond donors (Lipinski definition) is 2. The molecule has 6 aromatic carbocycles. The average Bonchev–Trinajstić information content (AvgIpc) is 3.52. The molecule has 0 radical (unpaired) electrons. The standard InChI is InChI=1S/C40H32N2O2/c1-23-13-17-27(18-14-23)41-31-11-7-5-9-29(31)37-33(41)21-25(3)35(39(37)43)36-26(4)22-34-38(40(36)44)30-10-6-8-12-32(30)42(34)28-19-15-24(2)16-20-28/h5-22,43-44H,1-4H3. The molecule has 2 N–H and O–H groups in total. The van der Waals surface area contributed by atoms with Crippen LogP contribution in [0.25, 0.3) is 66.1 Å². The molecular weight excluding hydrogens is 540 g/mol. The van der Waals surface area contributed by atoms with Crippen LogP contribution in [-0.4, -0.2) is 19.3 Å². The predicted octanol–water partition coefficient (Wildman–Crippen LogP) is 10.2. The molecule has 8 rings (SSSR count). The number of phenolic OH excluding ortho intramolecular Hbond substituents is 2. The van der Waals surface area contributed by atoms with Gasteiger partial charge < -0.3 is 19.3 Å². The number of phenols is 2. The lowest BCUT2D eigenvalue weighted by Gasteiger charge is -2.17. The molecule has 0 aliphatic heterocycles. The molecule has 0 amide bonds. The number of para-hydroxylation sites is 2. The first-order valence-electron chi connectivity index (χ1n) is 15.0. The van der Waals surface area contributed by atoms with Gasteiger partial charge in [0.25, 0.3) is 0 Å². The van der Waals surface area contributed by atoms with E-state index < -0.39 is 0 Å². The SMILES string of the molecule is Cc1ccc(-n2c3ccccc3c3c(O)c(-c4c(C)cc5c(c4O)c4ccccc4n5-c4ccc(C)cc4)c(C)cc32)cc1. The summed E-state index contributed by atoms with van der Waals surface area (Å²) in [5.41, 5.74) is 11.5. The minimum atomic E-state index is 0.182. The minimum Gasteiger partial charge on any atom is -0.507 e. The van der Waals surface area contributed by atoms with Gasteiger partial charge in [0.2, 0.25) is 0 Å². The van der Waals surface area contributed by atoms with Crippen molar-refractivity contribution in [3.8, 4) is 34.0 Å². The molecule has 4 heteroatoms. The smallest absolute Gasteiger partial charge is 0.133 e. The quantitative estimate of drug-likeness (QED) is 0.221. The number of aryl methyl sites for hydroxylation is 4. The van der Waals surface area contributed by atoms with E-state index in [0.29, 0.717) is 11.1 Å². The number of nitrogens with zero attached hydrogens (tertiary/aromatic N) is 2. The van der Waals surface area contributed by atoms with E-state index in [1.807, 2.05) is 38.1 Å². The van der Waals surface area contributed by atoms with Crippen molar-refractivity contribution in [1.82, 2.24) is 9.13 Å². The van der Waals surface area contributed by atoms with Crippen molar-refractivity contribution in [1.29, 1.82) is 0 Å². The van der Waals surface area contributed by atoms with Gasteiger partial charge in [-0.15, -0.1) is 0 Å². The van der Waals surface area contributed by atoms with Crippen LogP contribution in [0.3, 0.4) is 0 Å². The fourth-order valence-electron chi connectivity index (χ4n) is 7.04. The third kappa shape index (κ3) is 3.64. The second-order valence-electron chi connectivity index (χ2n) is 12.0. The number of aromatic nitrogens is 2. The maximum absolute atomic E-state index is 12.2. The number of fused-ring (bicyclic) bond motifs is 6. The molecule has 0 atom stereocenters. The van der Waals surface area contributed by atoms with E-state index in [1.165, 1.54) is 11.1 Å². The van der Waals surface area contributed by atoms with E-state index >= 15 is 0 Å². The highest BCUT2D eigenvalue weighted by molar-refractivity contribution is 6.18. The molecule has 2 heterocycles. The summed E-state index contributed by atoms with van der Waals surface area (Å²) < 4.78 is 4.43. The third-order valence-corrected chi connectivity index (χ3v) is 9.10. The zero-order chi connectivity index (χ0) is 30.3. The van der Waals surface area contributed by atoms with Crippen molar-refractivity contribution in [2.45, 2.75) is 27.7 Å². The average molecular weight is 573 g/mol. The first-order chi connectivity index (χ1) is 21.3. The van der Waals surface area contributed by atoms with Gasteiger partial charge in [-0.3, -0.25) is 0 Å². The lowest BCUT2D eigenvalue weighted by molar-refractivity contribution is 0.475.